The Morgan fingerprint density at radius 2 is 2.00 bits per heavy atom. The van der Waals surface area contributed by atoms with E-state index >= 15 is 0 Å². The maximum Gasteiger partial charge on any atom is 0.270 e. The van der Waals surface area contributed by atoms with Crippen molar-refractivity contribution in [3.63, 3.8) is 0 Å². The molecule has 6 heteroatoms. The van der Waals surface area contributed by atoms with Crippen LogP contribution < -0.4 is 10.2 Å². The quantitative estimate of drug-likeness (QED) is 0.931. The van der Waals surface area contributed by atoms with Gasteiger partial charge in [-0.15, -0.1) is 0 Å². The van der Waals surface area contributed by atoms with Crippen molar-refractivity contribution in [1.29, 1.82) is 0 Å². The Balaban J connectivity index is 1.58. The summed E-state index contributed by atoms with van der Waals surface area (Å²) in [6.45, 7) is 6.26. The van der Waals surface area contributed by atoms with Crippen LogP contribution in [-0.4, -0.2) is 41.2 Å². The number of carbonyl (C=O) groups is 1. The topological polar surface area (TPSA) is 67.4 Å². The Morgan fingerprint density at radius 3 is 2.62 bits per heavy atom. The molecule has 2 aromatic heterocycles. The second-order valence-electron chi connectivity index (χ2n) is 6.08. The van der Waals surface area contributed by atoms with Gasteiger partial charge in [0.05, 0.1) is 12.2 Å². The van der Waals surface area contributed by atoms with Gasteiger partial charge in [-0.3, -0.25) is 9.78 Å². The molecule has 1 aliphatic rings. The summed E-state index contributed by atoms with van der Waals surface area (Å²) in [6, 6.07) is 9.26. The van der Waals surface area contributed by atoms with Gasteiger partial charge >= 0.3 is 0 Å². The minimum absolute atomic E-state index is 0.185. The summed E-state index contributed by atoms with van der Waals surface area (Å²) in [4.78, 5) is 22.8. The average Bonchev–Trinajstić information content (AvgIpc) is 2.60. The minimum atomic E-state index is -0.185. The maximum absolute atomic E-state index is 12.0. The zero-order valence-corrected chi connectivity index (χ0v) is 14.0. The number of ether oxygens (including phenoxy) is 1. The van der Waals surface area contributed by atoms with Crippen molar-refractivity contribution in [1.82, 2.24) is 15.3 Å². The van der Waals surface area contributed by atoms with Gasteiger partial charge in [-0.05, 0) is 37.6 Å². The lowest BCUT2D eigenvalue weighted by molar-refractivity contribution is -0.00546. The van der Waals surface area contributed by atoms with E-state index in [1.165, 1.54) is 0 Å². The third kappa shape index (κ3) is 4.08. The first-order valence-corrected chi connectivity index (χ1v) is 8.16. The number of morpholine rings is 1. The molecule has 0 aromatic carbocycles. The van der Waals surface area contributed by atoms with E-state index in [1.54, 1.807) is 30.6 Å². The molecule has 3 rings (SSSR count). The fourth-order valence-electron chi connectivity index (χ4n) is 2.84. The predicted molar refractivity (Wildman–Crippen MR) is 91.9 cm³/mol. The predicted octanol–water partition coefficient (Wildman–Crippen LogP) is 2.02. The zero-order chi connectivity index (χ0) is 16.9. The highest BCUT2D eigenvalue weighted by molar-refractivity contribution is 5.92. The van der Waals surface area contributed by atoms with Gasteiger partial charge in [0.15, 0.2) is 0 Å². The fourth-order valence-corrected chi connectivity index (χ4v) is 2.84. The molecule has 1 aliphatic heterocycles. The second kappa shape index (κ2) is 7.40. The molecule has 0 radical (unpaired) electrons. The summed E-state index contributed by atoms with van der Waals surface area (Å²) in [7, 11) is 0. The molecule has 0 saturated carbocycles. The first-order valence-electron chi connectivity index (χ1n) is 8.16. The summed E-state index contributed by atoms with van der Waals surface area (Å²) < 4.78 is 5.75. The maximum atomic E-state index is 12.0. The molecular weight excluding hydrogens is 304 g/mol. The van der Waals surface area contributed by atoms with E-state index in [-0.39, 0.29) is 18.1 Å². The molecule has 6 nitrogen and oxygen atoms in total. The Hall–Kier alpha value is -2.47. The smallest absolute Gasteiger partial charge is 0.270 e. The second-order valence-corrected chi connectivity index (χ2v) is 6.08. The van der Waals surface area contributed by atoms with Gasteiger partial charge in [-0.25, -0.2) is 4.98 Å². The van der Waals surface area contributed by atoms with Crippen molar-refractivity contribution in [2.45, 2.75) is 32.6 Å². The molecule has 24 heavy (non-hydrogen) atoms. The molecule has 0 bridgehead atoms. The van der Waals surface area contributed by atoms with Gasteiger partial charge in [0, 0.05) is 32.0 Å². The van der Waals surface area contributed by atoms with Crippen molar-refractivity contribution in [2.24, 2.45) is 0 Å². The third-order valence-electron chi connectivity index (χ3n) is 3.90. The van der Waals surface area contributed by atoms with E-state index in [0.29, 0.717) is 12.2 Å². The molecule has 0 spiro atoms. The van der Waals surface area contributed by atoms with Crippen LogP contribution in [0.3, 0.4) is 0 Å². The Morgan fingerprint density at radius 1 is 1.21 bits per heavy atom. The van der Waals surface area contributed by atoms with Gasteiger partial charge < -0.3 is 15.0 Å². The highest BCUT2D eigenvalue weighted by Crippen LogP contribution is 2.18. The Labute approximate surface area is 141 Å². The van der Waals surface area contributed by atoms with Crippen LogP contribution in [0.1, 0.15) is 29.9 Å². The lowest BCUT2D eigenvalue weighted by Crippen LogP contribution is -2.45. The van der Waals surface area contributed by atoms with Crippen LogP contribution in [0.4, 0.5) is 5.82 Å². The van der Waals surface area contributed by atoms with Gasteiger partial charge in [0.1, 0.15) is 11.5 Å². The number of nitrogens with one attached hydrogen (secondary N) is 1. The first kappa shape index (κ1) is 16.4. The Kier molecular flexibility index (Phi) is 5.05. The highest BCUT2D eigenvalue weighted by atomic mass is 16.5. The number of nitrogens with zero attached hydrogens (tertiary/aromatic N) is 3. The van der Waals surface area contributed by atoms with E-state index in [0.717, 1.165) is 24.5 Å². The van der Waals surface area contributed by atoms with E-state index in [1.807, 2.05) is 12.1 Å². The molecular formula is C18H22N4O2. The zero-order valence-electron chi connectivity index (χ0n) is 14.0. The summed E-state index contributed by atoms with van der Waals surface area (Å²) in [5.41, 5.74) is 1.37. The molecule has 2 aromatic rings. The van der Waals surface area contributed by atoms with Gasteiger partial charge in [0.25, 0.3) is 5.91 Å². The molecule has 0 aliphatic carbocycles. The summed E-state index contributed by atoms with van der Waals surface area (Å²) in [6.07, 6.45) is 3.81. The normalized spacial score (nSPS) is 20.7. The van der Waals surface area contributed by atoms with Crippen molar-refractivity contribution < 1.29 is 9.53 Å². The molecule has 3 heterocycles. The van der Waals surface area contributed by atoms with Gasteiger partial charge in [-0.1, -0.05) is 12.1 Å². The number of amides is 1. The van der Waals surface area contributed by atoms with E-state index in [9.17, 15) is 4.79 Å². The van der Waals surface area contributed by atoms with Crippen molar-refractivity contribution in [3.8, 4) is 0 Å². The van der Waals surface area contributed by atoms with Crippen molar-refractivity contribution >= 4 is 11.7 Å². The average molecular weight is 326 g/mol. The monoisotopic (exact) mass is 326 g/mol. The summed E-state index contributed by atoms with van der Waals surface area (Å²) >= 11 is 0. The number of aromatic nitrogens is 2. The van der Waals surface area contributed by atoms with Crippen LogP contribution in [0.5, 0.6) is 0 Å². The molecule has 126 valence electrons. The van der Waals surface area contributed by atoms with Crippen LogP contribution in [0.2, 0.25) is 0 Å². The number of anilines is 1. The minimum Gasteiger partial charge on any atom is -0.372 e. The fraction of sp³-hybridized carbons (Fsp3) is 0.389. The van der Waals surface area contributed by atoms with Crippen LogP contribution in [-0.2, 0) is 11.3 Å². The lowest BCUT2D eigenvalue weighted by atomic mass is 10.2. The van der Waals surface area contributed by atoms with Gasteiger partial charge in [-0.2, -0.15) is 0 Å². The van der Waals surface area contributed by atoms with Crippen molar-refractivity contribution in [3.05, 3.63) is 54.0 Å². The number of rotatable bonds is 4. The molecule has 2 unspecified atom stereocenters. The summed E-state index contributed by atoms with van der Waals surface area (Å²) in [5.74, 6) is 0.757. The largest absolute Gasteiger partial charge is 0.372 e. The molecule has 1 N–H and O–H groups in total. The molecule has 2 atom stereocenters. The molecule has 1 amide bonds. The molecule has 1 fully saturated rings. The standard InChI is InChI=1S/C18H22N4O2/c1-13-11-22(12-14(2)24-13)17-7-6-15(9-20-17)10-21-18(23)16-5-3-4-8-19-16/h3-9,13-14H,10-12H2,1-2H3,(H,21,23). The van der Waals surface area contributed by atoms with Crippen LogP contribution in [0, 0.1) is 0 Å². The van der Waals surface area contributed by atoms with Crippen LogP contribution >= 0.6 is 0 Å². The van der Waals surface area contributed by atoms with Gasteiger partial charge in [0.2, 0.25) is 0 Å². The van der Waals surface area contributed by atoms with E-state index in [2.05, 4.69) is 34.0 Å². The van der Waals surface area contributed by atoms with E-state index < -0.39 is 0 Å². The Bertz CT molecular complexity index is 665. The summed E-state index contributed by atoms with van der Waals surface area (Å²) in [5, 5.41) is 2.85. The highest BCUT2D eigenvalue weighted by Gasteiger charge is 2.22. The number of hydrogen-bond acceptors (Lipinski definition) is 5. The lowest BCUT2D eigenvalue weighted by Gasteiger charge is -2.36. The van der Waals surface area contributed by atoms with Crippen molar-refractivity contribution in [2.75, 3.05) is 18.0 Å². The van der Waals surface area contributed by atoms with Crippen LogP contribution in [0.15, 0.2) is 42.7 Å². The molecule has 1 saturated heterocycles. The number of hydrogen-bond donors (Lipinski definition) is 1. The van der Waals surface area contributed by atoms with E-state index in [4.69, 9.17) is 4.74 Å². The third-order valence-corrected chi connectivity index (χ3v) is 3.90. The van der Waals surface area contributed by atoms with Crippen LogP contribution in [0.25, 0.3) is 0 Å². The number of pyridine rings is 2. The first-order chi connectivity index (χ1) is 11.6. The number of carbonyl (C=O) groups excluding carboxylic acids is 1. The SMILES string of the molecule is CC1CN(c2ccc(CNC(=O)c3ccccn3)cn2)CC(C)O1.